The van der Waals surface area contributed by atoms with Gasteiger partial charge in [0.15, 0.2) is 0 Å². The highest BCUT2D eigenvalue weighted by molar-refractivity contribution is 5.79. The highest BCUT2D eigenvalue weighted by Crippen LogP contribution is 2.21. The molecular weight excluding hydrogens is 252 g/mol. The minimum Gasteiger partial charge on any atom is -0.497 e. The summed E-state index contributed by atoms with van der Waals surface area (Å²) in [6, 6.07) is 8.46. The molecule has 1 aromatic rings. The van der Waals surface area contributed by atoms with Crippen LogP contribution in [0.1, 0.15) is 31.2 Å². The van der Waals surface area contributed by atoms with Crippen molar-refractivity contribution < 1.29 is 4.74 Å². The number of nitrogens with one attached hydrogen (secondary N) is 1. The van der Waals surface area contributed by atoms with Crippen molar-refractivity contribution >= 4 is 5.96 Å². The van der Waals surface area contributed by atoms with Gasteiger partial charge >= 0.3 is 0 Å². The van der Waals surface area contributed by atoms with Gasteiger partial charge in [-0.3, -0.25) is 5.43 Å². The summed E-state index contributed by atoms with van der Waals surface area (Å²) < 4.78 is 5.16. The molecule has 20 heavy (non-hydrogen) atoms. The number of methoxy groups -OCH3 is 1. The molecule has 0 heterocycles. The van der Waals surface area contributed by atoms with E-state index < -0.39 is 0 Å². The SMILES string of the molecule is COc1ccc(CN(C)C(=NC2CCCC2)NN)cc1. The first-order chi connectivity index (χ1) is 9.72. The van der Waals surface area contributed by atoms with Crippen molar-refractivity contribution in [3.05, 3.63) is 29.8 Å². The number of hydrogen-bond donors (Lipinski definition) is 2. The summed E-state index contributed by atoms with van der Waals surface area (Å²) in [5.74, 6) is 7.23. The minimum absolute atomic E-state index is 0.416. The number of rotatable bonds is 4. The lowest BCUT2D eigenvalue weighted by atomic mass is 10.2. The van der Waals surface area contributed by atoms with E-state index in [2.05, 4.69) is 17.6 Å². The van der Waals surface area contributed by atoms with Crippen LogP contribution in [-0.4, -0.2) is 31.1 Å². The Morgan fingerprint density at radius 2 is 2.00 bits per heavy atom. The highest BCUT2D eigenvalue weighted by Gasteiger charge is 2.16. The fourth-order valence-corrected chi connectivity index (χ4v) is 2.53. The molecule has 1 saturated carbocycles. The minimum atomic E-state index is 0.416. The van der Waals surface area contributed by atoms with Gasteiger partial charge in [-0.1, -0.05) is 25.0 Å². The van der Waals surface area contributed by atoms with Crippen molar-refractivity contribution in [3.8, 4) is 5.75 Å². The molecule has 110 valence electrons. The summed E-state index contributed by atoms with van der Waals surface area (Å²) in [5.41, 5.74) is 3.92. The number of benzene rings is 1. The Bertz CT molecular complexity index is 438. The average Bonchev–Trinajstić information content (AvgIpc) is 2.98. The highest BCUT2D eigenvalue weighted by atomic mass is 16.5. The Hall–Kier alpha value is -1.75. The van der Waals surface area contributed by atoms with E-state index in [1.807, 2.05) is 24.1 Å². The molecule has 0 aliphatic heterocycles. The molecule has 0 unspecified atom stereocenters. The lowest BCUT2D eigenvalue weighted by Crippen LogP contribution is -2.43. The summed E-state index contributed by atoms with van der Waals surface area (Å²) in [6.07, 6.45) is 4.88. The van der Waals surface area contributed by atoms with Gasteiger partial charge < -0.3 is 9.64 Å². The standard InChI is InChI=1S/C15H24N4O/c1-19(11-12-7-9-14(20-2)10-8-12)15(18-16)17-13-5-3-4-6-13/h7-10,13H,3-6,11,16H2,1-2H3,(H,17,18). The molecule has 0 spiro atoms. The topological polar surface area (TPSA) is 62.9 Å². The molecule has 1 fully saturated rings. The monoisotopic (exact) mass is 276 g/mol. The van der Waals surface area contributed by atoms with Gasteiger partial charge in [0.25, 0.3) is 0 Å². The maximum Gasteiger partial charge on any atom is 0.208 e. The zero-order valence-corrected chi connectivity index (χ0v) is 12.3. The van der Waals surface area contributed by atoms with Crippen LogP contribution < -0.4 is 16.0 Å². The van der Waals surface area contributed by atoms with E-state index in [0.717, 1.165) is 18.3 Å². The van der Waals surface area contributed by atoms with Gasteiger partial charge in [-0.05, 0) is 30.5 Å². The molecule has 0 saturated heterocycles. The Morgan fingerprint density at radius 1 is 1.35 bits per heavy atom. The molecule has 1 aromatic carbocycles. The fraction of sp³-hybridized carbons (Fsp3) is 0.533. The number of guanidine groups is 1. The van der Waals surface area contributed by atoms with Crippen LogP contribution in [0.25, 0.3) is 0 Å². The van der Waals surface area contributed by atoms with Crippen molar-refractivity contribution in [1.82, 2.24) is 10.3 Å². The van der Waals surface area contributed by atoms with Gasteiger partial charge in [0.05, 0.1) is 13.2 Å². The normalized spacial score (nSPS) is 16.2. The fourth-order valence-electron chi connectivity index (χ4n) is 2.53. The molecule has 5 nitrogen and oxygen atoms in total. The summed E-state index contributed by atoms with van der Waals surface area (Å²) >= 11 is 0. The molecule has 0 atom stereocenters. The molecule has 0 radical (unpaired) electrons. The second-order valence-corrected chi connectivity index (χ2v) is 5.24. The van der Waals surface area contributed by atoms with Gasteiger partial charge in [0.1, 0.15) is 5.75 Å². The summed E-state index contributed by atoms with van der Waals surface area (Å²) in [6.45, 7) is 0.764. The molecule has 0 aromatic heterocycles. The van der Waals surface area contributed by atoms with Crippen LogP contribution in [0, 0.1) is 0 Å². The van der Waals surface area contributed by atoms with Gasteiger partial charge in [-0.15, -0.1) is 0 Å². The van der Waals surface area contributed by atoms with Crippen LogP contribution in [-0.2, 0) is 6.54 Å². The van der Waals surface area contributed by atoms with Crippen LogP contribution in [0.3, 0.4) is 0 Å². The van der Waals surface area contributed by atoms with Crippen molar-refractivity contribution in [2.45, 2.75) is 38.3 Å². The molecule has 0 amide bonds. The van der Waals surface area contributed by atoms with Gasteiger partial charge in [0.2, 0.25) is 5.96 Å². The first-order valence-corrected chi connectivity index (χ1v) is 7.11. The quantitative estimate of drug-likeness (QED) is 0.381. The van der Waals surface area contributed by atoms with Crippen molar-refractivity contribution in [2.75, 3.05) is 14.2 Å². The molecule has 1 aliphatic rings. The third-order valence-corrected chi connectivity index (χ3v) is 3.70. The van der Waals surface area contributed by atoms with Crippen LogP contribution in [0.4, 0.5) is 0 Å². The number of nitrogens with zero attached hydrogens (tertiary/aromatic N) is 2. The largest absolute Gasteiger partial charge is 0.497 e. The van der Waals surface area contributed by atoms with E-state index in [1.54, 1.807) is 7.11 Å². The predicted octanol–water partition coefficient (Wildman–Crippen LogP) is 1.89. The maximum absolute atomic E-state index is 5.61. The van der Waals surface area contributed by atoms with E-state index in [4.69, 9.17) is 15.6 Å². The number of nitrogens with two attached hydrogens (primary N) is 1. The number of ether oxygens (including phenoxy) is 1. The molecule has 2 rings (SSSR count). The Balaban J connectivity index is 1.98. The molecule has 0 bridgehead atoms. The third-order valence-electron chi connectivity index (χ3n) is 3.70. The van der Waals surface area contributed by atoms with Crippen LogP contribution >= 0.6 is 0 Å². The number of hydrazine groups is 1. The second kappa shape index (κ2) is 7.14. The number of aliphatic imine (C=N–C) groups is 1. The second-order valence-electron chi connectivity index (χ2n) is 5.24. The lowest BCUT2D eigenvalue weighted by molar-refractivity contribution is 0.414. The van der Waals surface area contributed by atoms with Crippen LogP contribution in [0.2, 0.25) is 0 Å². The van der Waals surface area contributed by atoms with Crippen molar-refractivity contribution in [3.63, 3.8) is 0 Å². The first kappa shape index (κ1) is 14.7. The molecule has 3 N–H and O–H groups in total. The van der Waals surface area contributed by atoms with Crippen LogP contribution in [0.15, 0.2) is 29.3 Å². The van der Waals surface area contributed by atoms with E-state index in [-0.39, 0.29) is 0 Å². The zero-order valence-electron chi connectivity index (χ0n) is 12.3. The molecular formula is C15H24N4O. The van der Waals surface area contributed by atoms with Crippen molar-refractivity contribution in [1.29, 1.82) is 0 Å². The first-order valence-electron chi connectivity index (χ1n) is 7.11. The number of hydrogen-bond acceptors (Lipinski definition) is 3. The van der Waals surface area contributed by atoms with Crippen LogP contribution in [0.5, 0.6) is 5.75 Å². The van der Waals surface area contributed by atoms with Gasteiger partial charge in [-0.2, -0.15) is 0 Å². The van der Waals surface area contributed by atoms with E-state index in [9.17, 15) is 0 Å². The van der Waals surface area contributed by atoms with E-state index in [0.29, 0.717) is 6.04 Å². The third kappa shape index (κ3) is 3.87. The van der Waals surface area contributed by atoms with Gasteiger partial charge in [-0.25, -0.2) is 10.8 Å². The Labute approximate surface area is 120 Å². The smallest absolute Gasteiger partial charge is 0.208 e. The van der Waals surface area contributed by atoms with Crippen molar-refractivity contribution in [2.24, 2.45) is 10.8 Å². The van der Waals surface area contributed by atoms with Gasteiger partial charge in [0, 0.05) is 13.6 Å². The Morgan fingerprint density at radius 3 is 2.55 bits per heavy atom. The predicted molar refractivity (Wildman–Crippen MR) is 81.5 cm³/mol. The maximum atomic E-state index is 5.61. The average molecular weight is 276 g/mol. The Kier molecular flexibility index (Phi) is 5.24. The zero-order chi connectivity index (χ0) is 14.4. The van der Waals surface area contributed by atoms with E-state index in [1.165, 1.54) is 31.2 Å². The molecule has 5 heteroatoms. The lowest BCUT2D eigenvalue weighted by Gasteiger charge is -2.22. The molecule has 1 aliphatic carbocycles. The summed E-state index contributed by atoms with van der Waals surface area (Å²) in [4.78, 5) is 6.75. The summed E-state index contributed by atoms with van der Waals surface area (Å²) in [7, 11) is 3.67. The van der Waals surface area contributed by atoms with E-state index >= 15 is 0 Å². The summed E-state index contributed by atoms with van der Waals surface area (Å²) in [5, 5.41) is 0.